The van der Waals surface area contributed by atoms with Gasteiger partial charge in [-0.05, 0) is 48.8 Å². The predicted octanol–water partition coefficient (Wildman–Crippen LogP) is 5.27. The average molecular weight is 590 g/mol. The highest BCUT2D eigenvalue weighted by molar-refractivity contribution is 5.87. The first kappa shape index (κ1) is 29.6. The summed E-state index contributed by atoms with van der Waals surface area (Å²) in [5.41, 5.74) is -1.60. The van der Waals surface area contributed by atoms with Crippen LogP contribution >= 0.6 is 0 Å². The van der Waals surface area contributed by atoms with Crippen molar-refractivity contribution in [2.45, 2.75) is 69.3 Å². The fraction of sp³-hybridized carbons (Fsp3) is 0.583. The van der Waals surface area contributed by atoms with E-state index in [-0.39, 0.29) is 37.0 Å². The smallest absolute Gasteiger partial charge is 0.451 e. The van der Waals surface area contributed by atoms with Crippen molar-refractivity contribution in [1.29, 1.82) is 0 Å². The van der Waals surface area contributed by atoms with Gasteiger partial charge < -0.3 is 14.2 Å². The van der Waals surface area contributed by atoms with Gasteiger partial charge >= 0.3 is 36.4 Å². The molecule has 0 saturated heterocycles. The van der Waals surface area contributed by atoms with E-state index in [2.05, 4.69) is 14.2 Å². The van der Waals surface area contributed by atoms with Crippen LogP contribution in [-0.4, -0.2) is 48.3 Å². The van der Waals surface area contributed by atoms with Gasteiger partial charge in [0.1, 0.15) is 17.6 Å². The van der Waals surface area contributed by atoms with Gasteiger partial charge in [-0.25, -0.2) is 14.4 Å². The fourth-order valence-corrected chi connectivity index (χ4v) is 6.18. The summed E-state index contributed by atoms with van der Waals surface area (Å²) in [6.45, 7) is 1.54. The van der Waals surface area contributed by atoms with Crippen LogP contribution in [0.3, 0.4) is 0 Å². The molecule has 0 N–H and O–H groups in total. The zero-order chi connectivity index (χ0) is 30.0. The maximum atomic E-state index is 13.2. The maximum absolute atomic E-state index is 13.2. The van der Waals surface area contributed by atoms with Gasteiger partial charge in [0, 0.05) is 23.3 Å². The second-order valence-corrected chi connectivity index (χ2v) is 10.1. The lowest BCUT2D eigenvalue weighted by molar-refractivity contribution is -0.231. The Labute approximate surface area is 218 Å². The highest BCUT2D eigenvalue weighted by Crippen LogP contribution is 2.62. The predicted molar refractivity (Wildman–Crippen MR) is 110 cm³/mol. The van der Waals surface area contributed by atoms with Crippen molar-refractivity contribution >= 4 is 23.7 Å². The molecule has 0 amide bonds. The van der Waals surface area contributed by atoms with Gasteiger partial charge in [-0.2, -0.15) is 39.5 Å². The number of ether oxygens (including phenoxy) is 3. The second-order valence-electron chi connectivity index (χ2n) is 10.1. The quantitative estimate of drug-likeness (QED) is 0.269. The molecule has 4 rings (SSSR count). The summed E-state index contributed by atoms with van der Waals surface area (Å²) in [4.78, 5) is 47.8. The highest BCUT2D eigenvalue weighted by Gasteiger charge is 2.62. The van der Waals surface area contributed by atoms with Crippen LogP contribution in [0, 0.1) is 17.3 Å². The summed E-state index contributed by atoms with van der Waals surface area (Å²) in [5, 5.41) is 0. The molecular weight excluding hydrogens is 571 g/mol. The summed E-state index contributed by atoms with van der Waals surface area (Å²) in [5.74, 6) is -12.4. The Morgan fingerprint density at radius 1 is 0.825 bits per heavy atom. The Kier molecular flexibility index (Phi) is 7.15. The molecular formula is C24H19F9O7. The third kappa shape index (κ3) is 5.23. The summed E-state index contributed by atoms with van der Waals surface area (Å²) in [6.07, 6.45) is -21.0. The molecule has 0 unspecified atom stereocenters. The van der Waals surface area contributed by atoms with Crippen LogP contribution in [-0.2, 0) is 28.7 Å². The normalized spacial score (nSPS) is 30.1. The van der Waals surface area contributed by atoms with Gasteiger partial charge in [0.25, 0.3) is 0 Å². The molecule has 0 radical (unpaired) electrons. The Bertz CT molecular complexity index is 1240. The summed E-state index contributed by atoms with van der Waals surface area (Å²) >= 11 is 0. The Morgan fingerprint density at radius 3 is 1.98 bits per heavy atom. The molecule has 1 aromatic rings. The van der Waals surface area contributed by atoms with Crippen molar-refractivity contribution in [3.63, 3.8) is 0 Å². The van der Waals surface area contributed by atoms with Gasteiger partial charge in [0.2, 0.25) is 0 Å². The molecule has 3 aliphatic rings. The van der Waals surface area contributed by atoms with E-state index in [1.54, 1.807) is 0 Å². The number of carbonyl (C=O) groups is 4. The van der Waals surface area contributed by atoms with Crippen LogP contribution in [0.15, 0.2) is 18.2 Å². The van der Waals surface area contributed by atoms with Crippen molar-refractivity contribution in [2.24, 2.45) is 17.3 Å². The van der Waals surface area contributed by atoms with Crippen LogP contribution in [0.5, 0.6) is 5.75 Å². The van der Waals surface area contributed by atoms with Gasteiger partial charge in [-0.1, -0.05) is 13.0 Å². The number of benzene rings is 1. The lowest BCUT2D eigenvalue weighted by atomic mass is 9.54. The first-order valence-corrected chi connectivity index (χ1v) is 11.8. The van der Waals surface area contributed by atoms with E-state index < -0.39 is 83.1 Å². The van der Waals surface area contributed by atoms with Crippen LogP contribution in [0.25, 0.3) is 0 Å². The van der Waals surface area contributed by atoms with Crippen LogP contribution in [0.2, 0.25) is 0 Å². The first-order chi connectivity index (χ1) is 18.2. The molecule has 0 bridgehead atoms. The van der Waals surface area contributed by atoms with Crippen molar-refractivity contribution in [2.75, 3.05) is 0 Å². The van der Waals surface area contributed by atoms with E-state index in [4.69, 9.17) is 0 Å². The molecule has 1 aromatic carbocycles. The van der Waals surface area contributed by atoms with Crippen molar-refractivity contribution < 1.29 is 72.9 Å². The van der Waals surface area contributed by atoms with Crippen LogP contribution in [0.4, 0.5) is 39.5 Å². The molecule has 6 atom stereocenters. The summed E-state index contributed by atoms with van der Waals surface area (Å²) in [7, 11) is 0. The number of halogens is 9. The molecule has 0 aromatic heterocycles. The second kappa shape index (κ2) is 9.65. The van der Waals surface area contributed by atoms with Gasteiger partial charge in [0.05, 0.1) is 0 Å². The number of alkyl halides is 9. The standard InChI is InChI=1S/C24H19F9O7/c1-21-7-6-11-10-3-2-9(38-18(35)22(25,26)27)8-12(10)16(39-19(36)23(28,29)30)17(40-20(37)24(31,32)33)15(11)13(21)4-5-14(21)34/h2-3,8,11,13,15-17H,4-7H2,1H3/t11-,13+,15-,16-,17+,21+/m1/s1. The molecule has 0 heterocycles. The third-order valence-corrected chi connectivity index (χ3v) is 7.87. The number of fused-ring (bicyclic) bond motifs is 5. The number of ketones is 1. The van der Waals surface area contributed by atoms with Crippen molar-refractivity contribution in [3.05, 3.63) is 29.3 Å². The Morgan fingerprint density at radius 2 is 1.40 bits per heavy atom. The molecule has 16 heteroatoms. The fourth-order valence-electron chi connectivity index (χ4n) is 6.18. The third-order valence-electron chi connectivity index (χ3n) is 7.87. The molecule has 40 heavy (non-hydrogen) atoms. The van der Waals surface area contributed by atoms with Crippen molar-refractivity contribution in [3.8, 4) is 5.75 Å². The average Bonchev–Trinajstić information content (AvgIpc) is 3.13. The minimum atomic E-state index is -5.67. The van der Waals surface area contributed by atoms with Crippen LogP contribution in [0.1, 0.15) is 55.8 Å². The number of rotatable bonds is 3. The largest absolute Gasteiger partial charge is 0.491 e. The van der Waals surface area contributed by atoms with E-state index in [9.17, 15) is 58.7 Å². The van der Waals surface area contributed by atoms with E-state index >= 15 is 0 Å². The number of hydrogen-bond acceptors (Lipinski definition) is 7. The lowest BCUT2D eigenvalue weighted by Gasteiger charge is -2.52. The topological polar surface area (TPSA) is 96.0 Å². The monoisotopic (exact) mass is 590 g/mol. The maximum Gasteiger partial charge on any atom is 0.491 e. The summed E-state index contributed by atoms with van der Waals surface area (Å²) in [6, 6.07) is 2.59. The van der Waals surface area contributed by atoms with E-state index in [1.807, 2.05) is 0 Å². The Balaban J connectivity index is 1.89. The van der Waals surface area contributed by atoms with Gasteiger partial charge in [-0.3, -0.25) is 4.79 Å². The first-order valence-electron chi connectivity index (χ1n) is 11.8. The van der Waals surface area contributed by atoms with E-state index in [1.165, 1.54) is 6.92 Å². The molecule has 0 spiro atoms. The van der Waals surface area contributed by atoms with Crippen molar-refractivity contribution in [1.82, 2.24) is 0 Å². The van der Waals surface area contributed by atoms with Gasteiger partial charge in [-0.15, -0.1) is 0 Å². The number of carbonyl (C=O) groups excluding carboxylic acids is 4. The molecule has 2 fully saturated rings. The van der Waals surface area contributed by atoms with Crippen LogP contribution < -0.4 is 4.74 Å². The minimum absolute atomic E-state index is 0.00345. The molecule has 0 aliphatic heterocycles. The zero-order valence-corrected chi connectivity index (χ0v) is 20.2. The molecule has 3 aliphatic carbocycles. The Hall–Kier alpha value is -3.33. The van der Waals surface area contributed by atoms with Gasteiger partial charge in [0.15, 0.2) is 6.10 Å². The summed E-state index contributed by atoms with van der Waals surface area (Å²) < 4.78 is 131. The number of Topliss-reactive ketones (excluding diaryl/α,β-unsaturated/α-hetero) is 1. The zero-order valence-electron chi connectivity index (χ0n) is 20.2. The highest BCUT2D eigenvalue weighted by atomic mass is 19.4. The van der Waals surface area contributed by atoms with E-state index in [0.717, 1.165) is 12.1 Å². The SMILES string of the molecule is C[C@]12CC[C@@H]3c4ccc(OC(=O)C(F)(F)F)cc4[C@@H](OC(=O)C(F)(F)F)[C@@H](OC(=O)C(F)(F)F)[C@H]3[C@@H]1CCC2=O. The van der Waals surface area contributed by atoms with E-state index in [0.29, 0.717) is 6.07 Å². The molecule has 7 nitrogen and oxygen atoms in total. The molecule has 220 valence electrons. The lowest BCUT2D eigenvalue weighted by Crippen LogP contribution is -2.53. The minimum Gasteiger partial charge on any atom is -0.451 e. The molecule has 2 saturated carbocycles. The number of hydrogen-bond donors (Lipinski definition) is 0. The number of esters is 3.